The number of aromatic amines is 2. The van der Waals surface area contributed by atoms with Gasteiger partial charge in [0.2, 0.25) is 11.8 Å². The Morgan fingerprint density at radius 2 is 1.26 bits per heavy atom. The van der Waals surface area contributed by atoms with Crippen molar-refractivity contribution in [3.63, 3.8) is 0 Å². The van der Waals surface area contributed by atoms with E-state index in [1.807, 2.05) is 18.2 Å². The van der Waals surface area contributed by atoms with Crippen LogP contribution in [0.15, 0.2) is 54.9 Å². The van der Waals surface area contributed by atoms with Crippen molar-refractivity contribution in [2.75, 3.05) is 41.5 Å². The number of imidazole rings is 2. The maximum atomic E-state index is 13.7. The van der Waals surface area contributed by atoms with Crippen LogP contribution in [0.25, 0.3) is 44.3 Å². The van der Waals surface area contributed by atoms with Crippen LogP contribution in [0.4, 0.5) is 9.59 Å². The van der Waals surface area contributed by atoms with Gasteiger partial charge in [0, 0.05) is 38.4 Å². The number of amides is 4. The molecule has 2 aliphatic heterocycles. The lowest BCUT2D eigenvalue weighted by Crippen LogP contribution is -2.54. The quantitative estimate of drug-likeness (QED) is 0.132. The van der Waals surface area contributed by atoms with Crippen molar-refractivity contribution in [3.05, 3.63) is 66.5 Å². The van der Waals surface area contributed by atoms with Gasteiger partial charge in [-0.15, -0.1) is 0 Å². The molecule has 6 atom stereocenters. The van der Waals surface area contributed by atoms with Crippen molar-refractivity contribution in [2.24, 2.45) is 0 Å². The van der Waals surface area contributed by atoms with Crippen LogP contribution in [-0.4, -0.2) is 125 Å². The lowest BCUT2D eigenvalue weighted by molar-refractivity contribution is -0.138. The summed E-state index contributed by atoms with van der Waals surface area (Å²) in [7, 11) is 5.49. The minimum absolute atomic E-state index is 0.257. The molecular formula is C41H49N9O8. The summed E-state index contributed by atoms with van der Waals surface area (Å²) in [5.74, 6) is 0.808. The number of pyridine rings is 1. The highest BCUT2D eigenvalue weighted by Crippen LogP contribution is 2.35. The second-order valence-electron chi connectivity index (χ2n) is 14.7. The van der Waals surface area contributed by atoms with Gasteiger partial charge in [0.25, 0.3) is 0 Å². The highest BCUT2D eigenvalue weighted by atomic mass is 16.5. The number of nitrogens with zero attached hydrogens (tertiary/aromatic N) is 5. The number of benzene rings is 2. The number of hydrogen-bond acceptors (Lipinski definition) is 11. The first-order chi connectivity index (χ1) is 28.0. The summed E-state index contributed by atoms with van der Waals surface area (Å²) in [4.78, 5) is 76.1. The van der Waals surface area contributed by atoms with Gasteiger partial charge in [0.05, 0.1) is 73.3 Å². The Labute approximate surface area is 335 Å². The molecular weight excluding hydrogens is 747 g/mol. The molecule has 7 rings (SSSR count). The normalized spacial score (nSPS) is 18.9. The number of rotatable bonds is 12. The average Bonchev–Trinajstić information content (AvgIpc) is 4.09. The zero-order valence-corrected chi connectivity index (χ0v) is 33.4. The maximum absolute atomic E-state index is 13.7. The smallest absolute Gasteiger partial charge is 0.407 e. The summed E-state index contributed by atoms with van der Waals surface area (Å²) >= 11 is 0. The summed E-state index contributed by atoms with van der Waals surface area (Å²) in [6.07, 6.45) is 4.03. The second-order valence-corrected chi connectivity index (χ2v) is 14.7. The number of carbonyl (C=O) groups excluding carboxylic acids is 4. The number of carbonyl (C=O) groups is 4. The molecule has 4 N–H and O–H groups in total. The van der Waals surface area contributed by atoms with Crippen LogP contribution in [0.2, 0.25) is 0 Å². The molecule has 4 amide bonds. The summed E-state index contributed by atoms with van der Waals surface area (Å²) in [5.41, 5.74) is 4.93. The largest absolute Gasteiger partial charge is 0.453 e. The standard InChI is InChI=1S/C41H49N9O8/c1-22(55-3)34(47-40(53)57-5)38(51)49-15-7-9-32(49)36-43-20-30(45-36)27-14-12-24-17-26(13-11-25(24)18-27)28-19-29-31(21-42-28)46-37(44-29)33-10-8-16-50(33)39(52)35(23(2)56-4)48-41(54)58-6/h11-14,17-23,32-35H,7-10,15-16H2,1-6H3,(H,43,45)(H,44,46)(H,47,53)(H,48,54). The van der Waals surface area contributed by atoms with Crippen molar-refractivity contribution in [3.8, 4) is 22.5 Å². The fraction of sp³-hybridized carbons (Fsp3) is 0.439. The molecule has 17 heteroatoms. The zero-order chi connectivity index (χ0) is 41.1. The minimum Gasteiger partial charge on any atom is -0.453 e. The van der Waals surface area contributed by atoms with Crippen molar-refractivity contribution >= 4 is 45.8 Å². The number of alkyl carbamates (subject to hydrolysis) is 2. The molecule has 2 saturated heterocycles. The van der Waals surface area contributed by atoms with Gasteiger partial charge in [-0.3, -0.25) is 14.6 Å². The SMILES string of the molecule is COC(=O)NC(C(=O)N1CCCC1c1ncc(-c2ccc3cc(-c4cc5nc(C6CCCN6C(=O)C(NC(=O)OC)C(C)OC)[nH]c5cn4)ccc3c2)[nH]1)C(C)OC. The van der Waals surface area contributed by atoms with E-state index in [1.165, 1.54) is 28.4 Å². The maximum Gasteiger partial charge on any atom is 0.407 e. The molecule has 58 heavy (non-hydrogen) atoms. The van der Waals surface area contributed by atoms with E-state index in [9.17, 15) is 19.2 Å². The Morgan fingerprint density at radius 3 is 1.83 bits per heavy atom. The van der Waals surface area contributed by atoms with E-state index in [4.69, 9.17) is 28.9 Å². The third-order valence-electron chi connectivity index (χ3n) is 11.3. The van der Waals surface area contributed by atoms with Gasteiger partial charge in [0.1, 0.15) is 23.7 Å². The number of methoxy groups -OCH3 is 4. The summed E-state index contributed by atoms with van der Waals surface area (Å²) in [5, 5.41) is 7.29. The van der Waals surface area contributed by atoms with Gasteiger partial charge in [0.15, 0.2) is 0 Å². The summed E-state index contributed by atoms with van der Waals surface area (Å²) < 4.78 is 20.3. The molecule has 306 valence electrons. The monoisotopic (exact) mass is 795 g/mol. The van der Waals surface area contributed by atoms with Gasteiger partial charge < -0.3 is 49.3 Å². The van der Waals surface area contributed by atoms with Crippen LogP contribution >= 0.6 is 0 Å². The predicted molar refractivity (Wildman–Crippen MR) is 213 cm³/mol. The Balaban J connectivity index is 1.07. The molecule has 5 heterocycles. The molecule has 2 aliphatic rings. The Bertz CT molecular complexity index is 2310. The lowest BCUT2D eigenvalue weighted by Gasteiger charge is -2.30. The van der Waals surface area contributed by atoms with E-state index < -0.39 is 36.5 Å². The van der Waals surface area contributed by atoms with E-state index in [2.05, 4.69) is 49.9 Å². The molecule has 0 radical (unpaired) electrons. The van der Waals surface area contributed by atoms with Gasteiger partial charge >= 0.3 is 12.2 Å². The second kappa shape index (κ2) is 17.2. The van der Waals surface area contributed by atoms with Crippen molar-refractivity contribution < 1.29 is 38.1 Å². The van der Waals surface area contributed by atoms with Crippen molar-refractivity contribution in [2.45, 2.75) is 75.9 Å². The molecule has 3 aromatic heterocycles. The van der Waals surface area contributed by atoms with E-state index >= 15 is 0 Å². The van der Waals surface area contributed by atoms with Crippen molar-refractivity contribution in [1.82, 2.24) is 45.4 Å². The Morgan fingerprint density at radius 1 is 0.707 bits per heavy atom. The number of fused-ring (bicyclic) bond motifs is 2. The van der Waals surface area contributed by atoms with E-state index in [0.29, 0.717) is 31.2 Å². The van der Waals surface area contributed by atoms with Crippen molar-refractivity contribution in [1.29, 1.82) is 0 Å². The average molecular weight is 796 g/mol. The minimum atomic E-state index is -0.917. The molecule has 5 aromatic rings. The van der Waals surface area contributed by atoms with Crippen LogP contribution in [-0.2, 0) is 28.5 Å². The number of likely N-dealkylation sites (tertiary alicyclic amines) is 2. The van der Waals surface area contributed by atoms with Crippen LogP contribution in [0.3, 0.4) is 0 Å². The predicted octanol–water partition coefficient (Wildman–Crippen LogP) is 5.01. The summed E-state index contributed by atoms with van der Waals surface area (Å²) in [6.45, 7) is 4.51. The van der Waals surface area contributed by atoms with Gasteiger partial charge in [-0.1, -0.05) is 24.3 Å². The topological polar surface area (TPSA) is 206 Å². The molecule has 17 nitrogen and oxygen atoms in total. The first-order valence-electron chi connectivity index (χ1n) is 19.3. The summed E-state index contributed by atoms with van der Waals surface area (Å²) in [6, 6.07) is 11.9. The molecule has 0 saturated carbocycles. The number of hydrogen-bond donors (Lipinski definition) is 4. The van der Waals surface area contributed by atoms with Crippen LogP contribution in [0.5, 0.6) is 0 Å². The Kier molecular flexibility index (Phi) is 11.9. The molecule has 2 fully saturated rings. The fourth-order valence-corrected chi connectivity index (χ4v) is 7.86. The number of nitrogens with one attached hydrogen (secondary N) is 4. The molecule has 0 spiro atoms. The van der Waals surface area contributed by atoms with E-state index in [1.54, 1.807) is 36.0 Å². The third-order valence-corrected chi connectivity index (χ3v) is 11.3. The van der Waals surface area contributed by atoms with Gasteiger partial charge in [-0.25, -0.2) is 19.6 Å². The van der Waals surface area contributed by atoms with Gasteiger partial charge in [-0.2, -0.15) is 0 Å². The number of ether oxygens (including phenoxy) is 4. The molecule has 6 unspecified atom stereocenters. The number of H-pyrrole nitrogens is 2. The van der Waals surface area contributed by atoms with Crippen LogP contribution in [0.1, 0.15) is 63.3 Å². The van der Waals surface area contributed by atoms with Crippen LogP contribution < -0.4 is 10.6 Å². The third kappa shape index (κ3) is 8.04. The van der Waals surface area contributed by atoms with Crippen LogP contribution in [0, 0.1) is 0 Å². The highest BCUT2D eigenvalue weighted by molar-refractivity contribution is 5.91. The molecule has 2 aromatic carbocycles. The number of aromatic nitrogens is 5. The first kappa shape index (κ1) is 40.1. The van der Waals surface area contributed by atoms with Gasteiger partial charge in [-0.05, 0) is 68.5 Å². The highest BCUT2D eigenvalue weighted by Gasteiger charge is 2.40. The molecule has 0 bridgehead atoms. The fourth-order valence-electron chi connectivity index (χ4n) is 7.86. The van der Waals surface area contributed by atoms with E-state index in [-0.39, 0.29) is 23.9 Å². The van der Waals surface area contributed by atoms with E-state index in [0.717, 1.165) is 63.6 Å². The lowest BCUT2D eigenvalue weighted by atomic mass is 10.0. The first-order valence-corrected chi connectivity index (χ1v) is 19.3. The Hall–Kier alpha value is -6.07. The zero-order valence-electron chi connectivity index (χ0n) is 33.4. The molecule has 0 aliphatic carbocycles.